The summed E-state index contributed by atoms with van der Waals surface area (Å²) in [5.41, 5.74) is 4.10. The molecular formula is C24H30N4O2. The van der Waals surface area contributed by atoms with Gasteiger partial charge in [0.15, 0.2) is 0 Å². The summed E-state index contributed by atoms with van der Waals surface area (Å²) in [7, 11) is 1.63. The van der Waals surface area contributed by atoms with Gasteiger partial charge in [0.2, 0.25) is 0 Å². The van der Waals surface area contributed by atoms with E-state index in [4.69, 9.17) is 9.84 Å². The summed E-state index contributed by atoms with van der Waals surface area (Å²) in [5, 5.41) is 7.79. The summed E-state index contributed by atoms with van der Waals surface area (Å²) >= 11 is 0. The number of aryl methyl sites for hydroxylation is 1. The van der Waals surface area contributed by atoms with Crippen molar-refractivity contribution >= 4 is 5.91 Å². The second-order valence-electron chi connectivity index (χ2n) is 7.19. The average Bonchev–Trinajstić information content (AvgIpc) is 3.23. The zero-order chi connectivity index (χ0) is 21.5. The van der Waals surface area contributed by atoms with Gasteiger partial charge in [-0.25, -0.2) is 4.68 Å². The maximum Gasteiger partial charge on any atom is 0.255 e. The number of likely N-dealkylation sites (N-methyl/N-ethyl adjacent to an activating group) is 1. The molecule has 2 aromatic carbocycles. The number of carbonyl (C=O) groups is 1. The van der Waals surface area contributed by atoms with Gasteiger partial charge in [-0.05, 0) is 44.3 Å². The standard InChI is InChI=1S/C24H30N4O2/c1-5-27(6-2)15-14-25-24(29)22-17-28(20-12-10-18(3)11-13-20)26-23(22)19-8-7-9-21(16-19)30-4/h7-13,16-17H,5-6,14-15H2,1-4H3,(H,25,29). The van der Waals surface area contributed by atoms with Crippen molar-refractivity contribution in [3.05, 3.63) is 65.9 Å². The summed E-state index contributed by atoms with van der Waals surface area (Å²) in [5.74, 6) is 0.601. The number of nitrogens with one attached hydrogen (secondary N) is 1. The molecule has 0 aliphatic heterocycles. The highest BCUT2D eigenvalue weighted by Crippen LogP contribution is 2.27. The number of nitrogens with zero attached hydrogens (tertiary/aromatic N) is 3. The van der Waals surface area contributed by atoms with E-state index in [2.05, 4.69) is 24.1 Å². The molecule has 0 fully saturated rings. The van der Waals surface area contributed by atoms with Gasteiger partial charge in [-0.1, -0.05) is 43.7 Å². The van der Waals surface area contributed by atoms with E-state index < -0.39 is 0 Å². The summed E-state index contributed by atoms with van der Waals surface area (Å²) in [6.45, 7) is 9.63. The SMILES string of the molecule is CCN(CC)CCNC(=O)c1cn(-c2ccc(C)cc2)nc1-c1cccc(OC)c1. The maximum absolute atomic E-state index is 13.0. The van der Waals surface area contributed by atoms with E-state index in [9.17, 15) is 4.79 Å². The van der Waals surface area contributed by atoms with Crippen LogP contribution in [-0.2, 0) is 0 Å². The number of ether oxygens (including phenoxy) is 1. The molecule has 0 aliphatic rings. The van der Waals surface area contributed by atoms with Gasteiger partial charge in [0, 0.05) is 24.8 Å². The van der Waals surface area contributed by atoms with Gasteiger partial charge in [-0.15, -0.1) is 0 Å². The molecule has 0 radical (unpaired) electrons. The number of aromatic nitrogens is 2. The van der Waals surface area contributed by atoms with Gasteiger partial charge in [0.1, 0.15) is 11.4 Å². The Kier molecular flexibility index (Phi) is 7.25. The molecule has 0 bridgehead atoms. The van der Waals surface area contributed by atoms with Crippen LogP contribution in [0.1, 0.15) is 29.8 Å². The van der Waals surface area contributed by atoms with Crippen molar-refractivity contribution in [1.82, 2.24) is 20.0 Å². The molecule has 6 nitrogen and oxygen atoms in total. The fraction of sp³-hybridized carbons (Fsp3) is 0.333. The molecule has 0 spiro atoms. The summed E-state index contributed by atoms with van der Waals surface area (Å²) in [6, 6.07) is 15.7. The number of benzene rings is 2. The van der Waals surface area contributed by atoms with Crippen LogP contribution in [0.25, 0.3) is 16.9 Å². The molecule has 1 heterocycles. The molecule has 30 heavy (non-hydrogen) atoms. The Morgan fingerprint density at radius 1 is 1.13 bits per heavy atom. The van der Waals surface area contributed by atoms with Gasteiger partial charge in [0.05, 0.1) is 18.4 Å². The van der Waals surface area contributed by atoms with Crippen LogP contribution in [0.3, 0.4) is 0 Å². The smallest absolute Gasteiger partial charge is 0.255 e. The first-order chi connectivity index (χ1) is 14.5. The first-order valence-corrected chi connectivity index (χ1v) is 10.4. The third kappa shape index (κ3) is 5.07. The van der Waals surface area contributed by atoms with E-state index in [0.717, 1.165) is 36.6 Å². The largest absolute Gasteiger partial charge is 0.497 e. The summed E-state index contributed by atoms with van der Waals surface area (Å²) in [4.78, 5) is 15.3. The Morgan fingerprint density at radius 2 is 1.87 bits per heavy atom. The Bertz CT molecular complexity index is 975. The van der Waals surface area contributed by atoms with Gasteiger partial charge in [0.25, 0.3) is 5.91 Å². The van der Waals surface area contributed by atoms with Gasteiger partial charge in [-0.2, -0.15) is 5.10 Å². The van der Waals surface area contributed by atoms with Crippen LogP contribution in [0.15, 0.2) is 54.7 Å². The quantitative estimate of drug-likeness (QED) is 0.585. The molecule has 1 N–H and O–H groups in total. The average molecular weight is 407 g/mol. The van der Waals surface area contributed by atoms with E-state index in [0.29, 0.717) is 17.8 Å². The number of hydrogen-bond donors (Lipinski definition) is 1. The monoisotopic (exact) mass is 406 g/mol. The molecule has 158 valence electrons. The first kappa shape index (κ1) is 21.6. The van der Waals surface area contributed by atoms with Crippen molar-refractivity contribution in [3.63, 3.8) is 0 Å². The lowest BCUT2D eigenvalue weighted by molar-refractivity contribution is 0.0949. The van der Waals surface area contributed by atoms with Crippen molar-refractivity contribution in [2.24, 2.45) is 0 Å². The van der Waals surface area contributed by atoms with Crippen molar-refractivity contribution in [3.8, 4) is 22.7 Å². The van der Waals surface area contributed by atoms with Crippen LogP contribution in [0.5, 0.6) is 5.75 Å². The summed E-state index contributed by atoms with van der Waals surface area (Å²) < 4.78 is 7.11. The fourth-order valence-corrected chi connectivity index (χ4v) is 3.32. The minimum Gasteiger partial charge on any atom is -0.497 e. The molecule has 0 saturated carbocycles. The topological polar surface area (TPSA) is 59.4 Å². The molecular weight excluding hydrogens is 376 g/mol. The van der Waals surface area contributed by atoms with Crippen LogP contribution >= 0.6 is 0 Å². The lowest BCUT2D eigenvalue weighted by atomic mass is 10.1. The summed E-state index contributed by atoms with van der Waals surface area (Å²) in [6.07, 6.45) is 1.80. The van der Waals surface area contributed by atoms with Gasteiger partial charge < -0.3 is 15.0 Å². The van der Waals surface area contributed by atoms with Crippen molar-refractivity contribution in [1.29, 1.82) is 0 Å². The van der Waals surface area contributed by atoms with Crippen LogP contribution in [0, 0.1) is 6.92 Å². The molecule has 3 aromatic rings. The number of methoxy groups -OCH3 is 1. The van der Waals surface area contributed by atoms with E-state index in [1.807, 2.05) is 55.5 Å². The molecule has 3 rings (SSSR count). The zero-order valence-electron chi connectivity index (χ0n) is 18.2. The van der Waals surface area contributed by atoms with Gasteiger partial charge in [-0.3, -0.25) is 4.79 Å². The highest BCUT2D eigenvalue weighted by Gasteiger charge is 2.19. The minimum atomic E-state index is -0.127. The Hall–Kier alpha value is -3.12. The number of hydrogen-bond acceptors (Lipinski definition) is 4. The van der Waals surface area contributed by atoms with Gasteiger partial charge >= 0.3 is 0 Å². The third-order valence-electron chi connectivity index (χ3n) is 5.21. The molecule has 6 heteroatoms. The van der Waals surface area contributed by atoms with E-state index in [-0.39, 0.29) is 5.91 Å². The zero-order valence-corrected chi connectivity index (χ0v) is 18.2. The molecule has 0 unspecified atom stereocenters. The van der Waals surface area contributed by atoms with Crippen molar-refractivity contribution in [2.45, 2.75) is 20.8 Å². The molecule has 1 aromatic heterocycles. The Morgan fingerprint density at radius 3 is 2.53 bits per heavy atom. The first-order valence-electron chi connectivity index (χ1n) is 10.4. The molecule has 0 saturated heterocycles. The molecule has 0 atom stereocenters. The number of amides is 1. The van der Waals surface area contributed by atoms with E-state index >= 15 is 0 Å². The Labute approximate surface area is 178 Å². The van der Waals surface area contributed by atoms with Crippen molar-refractivity contribution in [2.75, 3.05) is 33.3 Å². The second-order valence-corrected chi connectivity index (χ2v) is 7.19. The maximum atomic E-state index is 13.0. The molecule has 1 amide bonds. The normalized spacial score (nSPS) is 11.0. The number of rotatable bonds is 9. The minimum absolute atomic E-state index is 0.127. The van der Waals surface area contributed by atoms with E-state index in [1.165, 1.54) is 5.56 Å². The van der Waals surface area contributed by atoms with E-state index in [1.54, 1.807) is 18.0 Å². The third-order valence-corrected chi connectivity index (χ3v) is 5.21. The lowest BCUT2D eigenvalue weighted by Crippen LogP contribution is -2.34. The Balaban J connectivity index is 1.92. The molecule has 0 aliphatic carbocycles. The predicted octanol–water partition coefficient (Wildman–Crippen LogP) is 3.93. The number of carbonyl (C=O) groups excluding carboxylic acids is 1. The van der Waals surface area contributed by atoms with Crippen LogP contribution in [0.4, 0.5) is 0 Å². The lowest BCUT2D eigenvalue weighted by Gasteiger charge is -2.17. The fourth-order valence-electron chi connectivity index (χ4n) is 3.32. The van der Waals surface area contributed by atoms with Crippen LogP contribution in [0.2, 0.25) is 0 Å². The van der Waals surface area contributed by atoms with Crippen molar-refractivity contribution < 1.29 is 9.53 Å². The predicted molar refractivity (Wildman–Crippen MR) is 120 cm³/mol. The van der Waals surface area contributed by atoms with Crippen LogP contribution in [-0.4, -0.2) is 53.9 Å². The highest BCUT2D eigenvalue weighted by atomic mass is 16.5. The second kappa shape index (κ2) is 10.1. The highest BCUT2D eigenvalue weighted by molar-refractivity contribution is 6.00. The van der Waals surface area contributed by atoms with Crippen LogP contribution < -0.4 is 10.1 Å².